The van der Waals surface area contributed by atoms with Crippen LogP contribution in [0.25, 0.3) is 10.4 Å². The Balaban J connectivity index is 0.000000185. The van der Waals surface area contributed by atoms with Gasteiger partial charge in [0.2, 0.25) is 0 Å². The minimum absolute atomic E-state index is 0.337. The van der Waals surface area contributed by atoms with Crippen LogP contribution in [-0.4, -0.2) is 21.6 Å². The van der Waals surface area contributed by atoms with Crippen molar-refractivity contribution in [2.45, 2.75) is 19.7 Å². The normalized spacial score (nSPS) is 9.38. The number of terminal acetylenes is 1. The second kappa shape index (κ2) is 17.9. The van der Waals surface area contributed by atoms with E-state index in [2.05, 4.69) is 38.4 Å². The van der Waals surface area contributed by atoms with Crippen molar-refractivity contribution >= 4 is 0 Å². The molecule has 0 saturated carbocycles. The summed E-state index contributed by atoms with van der Waals surface area (Å²) < 4.78 is 12.6. The summed E-state index contributed by atoms with van der Waals surface area (Å²) in [5, 5.41) is 11.6. The van der Waals surface area contributed by atoms with Gasteiger partial charge in [0.25, 0.3) is 0 Å². The number of hydrogen-bond acceptors (Lipinski definition) is 5. The topological polar surface area (TPSA) is 97.9 Å². The van der Waals surface area contributed by atoms with Crippen molar-refractivity contribution in [3.05, 3.63) is 155 Å². The van der Waals surface area contributed by atoms with Gasteiger partial charge in [-0.3, -0.25) is 0 Å². The summed E-state index contributed by atoms with van der Waals surface area (Å²) in [5.74, 6) is 4.05. The maximum Gasteiger partial charge on any atom is 0.148 e. The van der Waals surface area contributed by atoms with Gasteiger partial charge >= 0.3 is 0 Å². The highest BCUT2D eigenvalue weighted by Crippen LogP contribution is 2.11. The molecule has 0 aliphatic heterocycles. The molecule has 5 aromatic rings. The average Bonchev–Trinajstić information content (AvgIpc) is 3.48. The van der Waals surface area contributed by atoms with Crippen LogP contribution < -0.4 is 9.47 Å². The van der Waals surface area contributed by atoms with Crippen molar-refractivity contribution < 1.29 is 9.47 Å². The SMILES string of the molecule is C#CCOc1ccccc1.[N-]=[N+]=NCc1ccccc1.c1ccc(Cn2cc(COc3ccccc3)nn2)cc1. The molecule has 5 rings (SSSR count). The molecular weight excluding hydrogens is 500 g/mol. The third kappa shape index (κ3) is 11.7. The molecular formula is C32H30N6O2. The van der Waals surface area contributed by atoms with Crippen molar-refractivity contribution in [2.75, 3.05) is 6.61 Å². The fourth-order valence-corrected chi connectivity index (χ4v) is 3.26. The Morgan fingerprint density at radius 1 is 0.750 bits per heavy atom. The molecule has 1 heterocycles. The number of ether oxygens (including phenoxy) is 2. The van der Waals surface area contributed by atoms with Gasteiger partial charge in [-0.25, -0.2) is 4.68 Å². The lowest BCUT2D eigenvalue weighted by molar-refractivity contribution is 0.301. The lowest BCUT2D eigenvalue weighted by atomic mass is 10.2. The van der Waals surface area contributed by atoms with Gasteiger partial charge in [0.1, 0.15) is 30.4 Å². The van der Waals surface area contributed by atoms with E-state index >= 15 is 0 Å². The monoisotopic (exact) mass is 530 g/mol. The van der Waals surface area contributed by atoms with E-state index in [1.54, 1.807) is 0 Å². The highest BCUT2D eigenvalue weighted by Gasteiger charge is 2.02. The molecule has 0 saturated heterocycles. The number of azide groups is 1. The van der Waals surface area contributed by atoms with Crippen LogP contribution >= 0.6 is 0 Å². The van der Waals surface area contributed by atoms with Gasteiger partial charge in [-0.15, -0.1) is 11.5 Å². The first-order chi connectivity index (χ1) is 19.8. The maximum absolute atomic E-state index is 7.99. The highest BCUT2D eigenvalue weighted by atomic mass is 16.5. The summed E-state index contributed by atoms with van der Waals surface area (Å²) in [4.78, 5) is 2.66. The average molecular weight is 531 g/mol. The molecule has 0 fully saturated rings. The highest BCUT2D eigenvalue weighted by molar-refractivity contribution is 5.22. The van der Waals surface area contributed by atoms with Gasteiger partial charge in [0, 0.05) is 4.91 Å². The van der Waals surface area contributed by atoms with Crippen LogP contribution in [0, 0.1) is 12.3 Å². The van der Waals surface area contributed by atoms with E-state index in [-0.39, 0.29) is 0 Å². The minimum atomic E-state index is 0.337. The van der Waals surface area contributed by atoms with Gasteiger partial charge in [-0.1, -0.05) is 113 Å². The van der Waals surface area contributed by atoms with E-state index in [0.717, 1.165) is 29.3 Å². The first-order valence-corrected chi connectivity index (χ1v) is 12.5. The van der Waals surface area contributed by atoms with Crippen LogP contribution in [-0.2, 0) is 19.7 Å². The van der Waals surface area contributed by atoms with Crippen molar-refractivity contribution in [1.29, 1.82) is 0 Å². The predicted octanol–water partition coefficient (Wildman–Crippen LogP) is 7.10. The number of hydrogen-bond donors (Lipinski definition) is 0. The van der Waals surface area contributed by atoms with Crippen molar-refractivity contribution in [1.82, 2.24) is 15.0 Å². The molecule has 0 N–H and O–H groups in total. The lowest BCUT2D eigenvalue weighted by Crippen LogP contribution is -2.00. The van der Waals surface area contributed by atoms with Crippen LogP contribution in [0.15, 0.2) is 133 Å². The van der Waals surface area contributed by atoms with E-state index in [1.165, 1.54) is 5.56 Å². The molecule has 4 aromatic carbocycles. The third-order valence-corrected chi connectivity index (χ3v) is 5.13. The largest absolute Gasteiger partial charge is 0.487 e. The van der Waals surface area contributed by atoms with Crippen molar-refractivity contribution in [3.63, 3.8) is 0 Å². The summed E-state index contributed by atoms with van der Waals surface area (Å²) in [6.45, 7) is 1.93. The molecule has 0 aliphatic carbocycles. The maximum atomic E-state index is 7.99. The van der Waals surface area contributed by atoms with E-state index in [1.807, 2.05) is 120 Å². The second-order valence-electron chi connectivity index (χ2n) is 8.18. The van der Waals surface area contributed by atoms with Crippen LogP contribution in [0.1, 0.15) is 16.8 Å². The van der Waals surface area contributed by atoms with Gasteiger partial charge in [0.15, 0.2) is 0 Å². The fourth-order valence-electron chi connectivity index (χ4n) is 3.26. The van der Waals surface area contributed by atoms with Crippen molar-refractivity contribution in [3.8, 4) is 23.8 Å². The smallest absolute Gasteiger partial charge is 0.148 e. The first-order valence-electron chi connectivity index (χ1n) is 12.5. The van der Waals surface area contributed by atoms with Gasteiger partial charge < -0.3 is 9.47 Å². The quantitative estimate of drug-likeness (QED) is 0.0878. The van der Waals surface area contributed by atoms with Crippen molar-refractivity contribution in [2.24, 2.45) is 5.11 Å². The van der Waals surface area contributed by atoms with Crippen LogP contribution in [0.3, 0.4) is 0 Å². The number of benzene rings is 4. The van der Waals surface area contributed by atoms with Crippen LogP contribution in [0.2, 0.25) is 0 Å². The van der Waals surface area contributed by atoms with E-state index in [9.17, 15) is 0 Å². The zero-order valence-electron chi connectivity index (χ0n) is 22.0. The molecule has 40 heavy (non-hydrogen) atoms. The lowest BCUT2D eigenvalue weighted by Gasteiger charge is -2.02. The molecule has 1 aromatic heterocycles. The molecule has 0 bridgehead atoms. The number of para-hydroxylation sites is 2. The van der Waals surface area contributed by atoms with Crippen LogP contribution in [0.4, 0.5) is 0 Å². The number of rotatable bonds is 9. The molecule has 200 valence electrons. The first kappa shape index (κ1) is 29.1. The van der Waals surface area contributed by atoms with E-state index < -0.39 is 0 Å². The molecule has 0 spiro atoms. The zero-order chi connectivity index (χ0) is 28.1. The summed E-state index contributed by atoms with van der Waals surface area (Å²) in [6, 6.07) is 39.0. The van der Waals surface area contributed by atoms with Gasteiger partial charge in [-0.2, -0.15) is 0 Å². The molecule has 0 amide bonds. The molecule has 8 heteroatoms. The second-order valence-corrected chi connectivity index (χ2v) is 8.18. The predicted molar refractivity (Wildman–Crippen MR) is 156 cm³/mol. The Kier molecular flexibility index (Phi) is 13.0. The number of nitrogens with zero attached hydrogens (tertiary/aromatic N) is 6. The molecule has 0 unspecified atom stereocenters. The Bertz CT molecular complexity index is 1450. The standard InChI is InChI=1S/C16H15N3O.C9H8O.C7H7N3/c1-3-7-14(8-4-1)11-19-12-15(17-18-19)13-20-16-9-5-2-6-10-16;1-2-8-10-9-6-4-3-5-7-9;8-10-9-6-7-4-2-1-3-5-7/h1-10,12H,11,13H2;1,3-7H,8H2;1-5H,6H2. The Morgan fingerprint density at radius 3 is 1.82 bits per heavy atom. The van der Waals surface area contributed by atoms with Gasteiger partial charge in [0.05, 0.1) is 19.3 Å². The Hall–Kier alpha value is -5.51. The van der Waals surface area contributed by atoms with E-state index in [0.29, 0.717) is 19.8 Å². The molecule has 0 atom stereocenters. The fraction of sp³-hybridized carbons (Fsp3) is 0.125. The molecule has 8 nitrogen and oxygen atoms in total. The Labute approximate surface area is 234 Å². The Morgan fingerprint density at radius 2 is 1.27 bits per heavy atom. The van der Waals surface area contributed by atoms with E-state index in [4.69, 9.17) is 21.4 Å². The van der Waals surface area contributed by atoms with Crippen LogP contribution in [0.5, 0.6) is 11.5 Å². The van der Waals surface area contributed by atoms with Gasteiger partial charge in [-0.05, 0) is 40.9 Å². The summed E-state index contributed by atoms with van der Waals surface area (Å²) >= 11 is 0. The molecule has 0 aliphatic rings. The summed E-state index contributed by atoms with van der Waals surface area (Å²) in [6.07, 6.45) is 6.91. The zero-order valence-corrected chi connectivity index (χ0v) is 22.0. The number of aromatic nitrogens is 3. The summed E-state index contributed by atoms with van der Waals surface area (Å²) in [5.41, 5.74) is 11.1. The molecule has 0 radical (unpaired) electrons. The third-order valence-electron chi connectivity index (χ3n) is 5.13. The minimum Gasteiger partial charge on any atom is -0.487 e. The summed E-state index contributed by atoms with van der Waals surface area (Å²) in [7, 11) is 0.